The number of nitrogens with zero attached hydrogens (tertiary/aromatic N) is 1. The average molecular weight is 357 g/mol. The summed E-state index contributed by atoms with van der Waals surface area (Å²) in [5.41, 5.74) is 3.00. The van der Waals surface area contributed by atoms with Crippen LogP contribution in [-0.4, -0.2) is 30.4 Å². The Hall–Kier alpha value is -1.65. The van der Waals surface area contributed by atoms with Crippen LogP contribution in [0.25, 0.3) is 0 Å². The summed E-state index contributed by atoms with van der Waals surface area (Å²) < 4.78 is 0. The van der Waals surface area contributed by atoms with E-state index in [0.29, 0.717) is 0 Å². The predicted octanol–water partition coefficient (Wildman–Crippen LogP) is 4.71. The molecule has 1 fully saturated rings. The molecule has 1 unspecified atom stereocenters. The van der Waals surface area contributed by atoms with E-state index in [9.17, 15) is 4.79 Å². The number of thiophene rings is 1. The first-order valence-corrected chi connectivity index (χ1v) is 9.91. The van der Waals surface area contributed by atoms with Gasteiger partial charge in [0.1, 0.15) is 0 Å². The second-order valence-corrected chi connectivity index (χ2v) is 8.35. The average Bonchev–Trinajstić information content (AvgIpc) is 3.27. The van der Waals surface area contributed by atoms with E-state index in [2.05, 4.69) is 54.8 Å². The Labute approximate surface area is 155 Å². The van der Waals surface area contributed by atoms with Crippen LogP contribution in [-0.2, 0) is 0 Å². The molecule has 0 aliphatic heterocycles. The molecule has 25 heavy (non-hydrogen) atoms. The van der Waals surface area contributed by atoms with E-state index >= 15 is 0 Å². The summed E-state index contributed by atoms with van der Waals surface area (Å²) in [6.07, 6.45) is 4.68. The van der Waals surface area contributed by atoms with Crippen molar-refractivity contribution in [3.05, 3.63) is 57.3 Å². The van der Waals surface area contributed by atoms with Gasteiger partial charge in [0.25, 0.3) is 5.91 Å². The van der Waals surface area contributed by atoms with Gasteiger partial charge in [0, 0.05) is 16.0 Å². The highest BCUT2D eigenvalue weighted by Gasteiger charge is 2.45. The normalized spacial score (nSPS) is 17.6. The molecule has 3 rings (SSSR count). The number of aryl methyl sites for hydroxylation is 1. The molecule has 1 aromatic heterocycles. The number of likely N-dealkylation sites (N-methyl/N-ethyl adjacent to an activating group) is 1. The van der Waals surface area contributed by atoms with E-state index in [0.717, 1.165) is 29.5 Å². The Balaban J connectivity index is 1.96. The monoisotopic (exact) mass is 356 g/mol. The maximum absolute atomic E-state index is 13.1. The molecule has 1 saturated carbocycles. The van der Waals surface area contributed by atoms with Gasteiger partial charge in [-0.1, -0.05) is 31.0 Å². The number of benzene rings is 1. The van der Waals surface area contributed by atoms with Crippen molar-refractivity contribution < 1.29 is 4.79 Å². The van der Waals surface area contributed by atoms with Gasteiger partial charge in [0.2, 0.25) is 0 Å². The minimum Gasteiger partial charge on any atom is -0.343 e. The maximum atomic E-state index is 13.1. The standard InChI is InChI=1S/C21H28N2OS/c1-15-9-7-10-17(16(15)2)20(24)22-19(18-11-8-14-25-18)21(23(3)4)12-5-6-13-21/h7-11,14,19H,5-6,12-13H2,1-4H3,(H,22,24). The Bertz CT molecular complexity index is 730. The zero-order valence-corrected chi connectivity index (χ0v) is 16.5. The largest absolute Gasteiger partial charge is 0.343 e. The third kappa shape index (κ3) is 3.38. The van der Waals surface area contributed by atoms with Gasteiger partial charge >= 0.3 is 0 Å². The molecular formula is C21H28N2OS. The predicted molar refractivity (Wildman–Crippen MR) is 105 cm³/mol. The van der Waals surface area contributed by atoms with Crippen molar-refractivity contribution in [2.75, 3.05) is 14.1 Å². The van der Waals surface area contributed by atoms with Crippen LogP contribution in [0.15, 0.2) is 35.7 Å². The lowest BCUT2D eigenvalue weighted by atomic mass is 9.85. The maximum Gasteiger partial charge on any atom is 0.252 e. The Morgan fingerprint density at radius 1 is 1.16 bits per heavy atom. The van der Waals surface area contributed by atoms with Gasteiger partial charge in [-0.3, -0.25) is 4.79 Å². The van der Waals surface area contributed by atoms with Gasteiger partial charge < -0.3 is 10.2 Å². The number of nitrogens with one attached hydrogen (secondary N) is 1. The van der Waals surface area contributed by atoms with Crippen LogP contribution in [0.4, 0.5) is 0 Å². The Morgan fingerprint density at radius 2 is 1.88 bits per heavy atom. The van der Waals surface area contributed by atoms with Crippen LogP contribution in [0.1, 0.15) is 58.1 Å². The summed E-state index contributed by atoms with van der Waals surface area (Å²) >= 11 is 1.74. The van der Waals surface area contributed by atoms with E-state index < -0.39 is 0 Å². The van der Waals surface area contributed by atoms with E-state index in [1.165, 1.54) is 17.7 Å². The molecule has 1 N–H and O–H groups in total. The third-order valence-corrected chi connectivity index (χ3v) is 6.79. The van der Waals surface area contributed by atoms with Crippen LogP contribution in [0.3, 0.4) is 0 Å². The smallest absolute Gasteiger partial charge is 0.252 e. The molecule has 1 heterocycles. The van der Waals surface area contributed by atoms with Crippen molar-refractivity contribution in [3.63, 3.8) is 0 Å². The zero-order chi connectivity index (χ0) is 18.0. The fourth-order valence-corrected chi connectivity index (χ4v) is 5.00. The highest BCUT2D eigenvalue weighted by atomic mass is 32.1. The number of hydrogen-bond donors (Lipinski definition) is 1. The number of rotatable bonds is 5. The first kappa shape index (κ1) is 18.2. The molecule has 0 saturated heterocycles. The molecule has 0 spiro atoms. The minimum atomic E-state index is -0.00174. The molecule has 1 amide bonds. The summed E-state index contributed by atoms with van der Waals surface area (Å²) in [6.45, 7) is 4.09. The zero-order valence-electron chi connectivity index (χ0n) is 15.6. The first-order chi connectivity index (χ1) is 12.0. The lowest BCUT2D eigenvalue weighted by Crippen LogP contribution is -2.53. The van der Waals surface area contributed by atoms with Crippen molar-refractivity contribution >= 4 is 17.2 Å². The molecule has 2 aromatic rings. The fraction of sp³-hybridized carbons (Fsp3) is 0.476. The van der Waals surface area contributed by atoms with Crippen LogP contribution in [0.5, 0.6) is 0 Å². The van der Waals surface area contributed by atoms with Crippen molar-refractivity contribution in [1.82, 2.24) is 10.2 Å². The number of hydrogen-bond acceptors (Lipinski definition) is 3. The SMILES string of the molecule is Cc1cccc(C(=O)NC(c2cccs2)C2(N(C)C)CCCC2)c1C. The Kier molecular flexibility index (Phi) is 5.30. The van der Waals surface area contributed by atoms with E-state index in [-0.39, 0.29) is 17.5 Å². The van der Waals surface area contributed by atoms with Gasteiger partial charge in [-0.2, -0.15) is 0 Å². The van der Waals surface area contributed by atoms with Crippen LogP contribution in [0.2, 0.25) is 0 Å². The summed E-state index contributed by atoms with van der Waals surface area (Å²) in [5, 5.41) is 5.50. The third-order valence-electron chi connectivity index (χ3n) is 5.85. The Morgan fingerprint density at radius 3 is 2.48 bits per heavy atom. The molecule has 0 bridgehead atoms. The quantitative estimate of drug-likeness (QED) is 0.841. The lowest BCUT2D eigenvalue weighted by Gasteiger charge is -2.43. The highest BCUT2D eigenvalue weighted by molar-refractivity contribution is 7.10. The van der Waals surface area contributed by atoms with Gasteiger partial charge in [-0.05, 0) is 69.4 Å². The molecule has 4 heteroatoms. The molecular weight excluding hydrogens is 328 g/mol. The summed E-state index contributed by atoms with van der Waals surface area (Å²) in [6, 6.07) is 10.2. The number of carbonyl (C=O) groups is 1. The second kappa shape index (κ2) is 7.30. The van der Waals surface area contributed by atoms with Gasteiger partial charge in [-0.15, -0.1) is 11.3 Å². The van der Waals surface area contributed by atoms with Gasteiger partial charge in [0.15, 0.2) is 0 Å². The molecule has 1 aliphatic rings. The van der Waals surface area contributed by atoms with Crippen molar-refractivity contribution in [1.29, 1.82) is 0 Å². The second-order valence-electron chi connectivity index (χ2n) is 7.37. The molecule has 134 valence electrons. The molecule has 1 atom stereocenters. The molecule has 0 radical (unpaired) electrons. The molecule has 1 aromatic carbocycles. The van der Waals surface area contributed by atoms with Crippen molar-refractivity contribution in [2.45, 2.75) is 51.1 Å². The van der Waals surface area contributed by atoms with E-state index in [4.69, 9.17) is 0 Å². The van der Waals surface area contributed by atoms with Crippen molar-refractivity contribution in [3.8, 4) is 0 Å². The minimum absolute atomic E-state index is 0.00174. The van der Waals surface area contributed by atoms with Gasteiger partial charge in [0.05, 0.1) is 6.04 Å². The molecule has 1 aliphatic carbocycles. The number of carbonyl (C=O) groups excluding carboxylic acids is 1. The number of amides is 1. The lowest BCUT2D eigenvalue weighted by molar-refractivity contribution is 0.0772. The summed E-state index contributed by atoms with van der Waals surface area (Å²) in [4.78, 5) is 16.7. The van der Waals surface area contributed by atoms with E-state index in [1.807, 2.05) is 19.1 Å². The van der Waals surface area contributed by atoms with Crippen molar-refractivity contribution in [2.24, 2.45) is 0 Å². The summed E-state index contributed by atoms with van der Waals surface area (Å²) in [7, 11) is 4.30. The van der Waals surface area contributed by atoms with Gasteiger partial charge in [-0.25, -0.2) is 0 Å². The van der Waals surface area contributed by atoms with Crippen LogP contribution in [0, 0.1) is 13.8 Å². The van der Waals surface area contributed by atoms with Crippen LogP contribution < -0.4 is 5.32 Å². The fourth-order valence-electron chi connectivity index (χ4n) is 4.11. The van der Waals surface area contributed by atoms with Crippen LogP contribution >= 0.6 is 11.3 Å². The molecule has 3 nitrogen and oxygen atoms in total. The first-order valence-electron chi connectivity index (χ1n) is 9.03. The topological polar surface area (TPSA) is 32.3 Å². The van der Waals surface area contributed by atoms with E-state index in [1.54, 1.807) is 11.3 Å². The highest BCUT2D eigenvalue weighted by Crippen LogP contribution is 2.44. The summed E-state index contributed by atoms with van der Waals surface area (Å²) in [5.74, 6) is 0.0349.